The Balaban J connectivity index is 3.69. The Bertz CT molecular complexity index is 183. The van der Waals surface area contributed by atoms with Crippen molar-refractivity contribution in [3.8, 4) is 0 Å². The minimum absolute atomic E-state index is 0.0458. The van der Waals surface area contributed by atoms with Gasteiger partial charge in [0.1, 0.15) is 5.94 Å². The molecule has 0 aromatic heterocycles. The molecule has 0 aromatic rings. The Hall–Kier alpha value is -1.12. The van der Waals surface area contributed by atoms with Gasteiger partial charge in [-0.1, -0.05) is 6.92 Å². The van der Waals surface area contributed by atoms with Gasteiger partial charge in [-0.05, 0) is 6.42 Å². The van der Waals surface area contributed by atoms with Crippen LogP contribution in [0.2, 0.25) is 0 Å². The summed E-state index contributed by atoms with van der Waals surface area (Å²) in [6, 6.07) is 0. The first-order valence-electron chi connectivity index (χ1n) is 3.44. The van der Waals surface area contributed by atoms with Crippen LogP contribution in [-0.4, -0.2) is 24.9 Å². The van der Waals surface area contributed by atoms with Crippen molar-refractivity contribution in [1.82, 2.24) is 5.32 Å². The van der Waals surface area contributed by atoms with Gasteiger partial charge in [0.05, 0.1) is 6.54 Å². The average molecular weight is 156 g/mol. The third kappa shape index (κ3) is 4.31. The molecule has 0 heterocycles. The summed E-state index contributed by atoms with van der Waals surface area (Å²) in [5.41, 5.74) is 5.57. The molecule has 0 aromatic carbocycles. The summed E-state index contributed by atoms with van der Waals surface area (Å²) < 4.78 is 0. The highest BCUT2D eigenvalue weighted by Crippen LogP contribution is 1.90. The van der Waals surface area contributed by atoms with E-state index in [1.54, 1.807) is 5.94 Å². The van der Waals surface area contributed by atoms with Gasteiger partial charge in [0.25, 0.3) is 0 Å². The average Bonchev–Trinajstić information content (AvgIpc) is 2.06. The van der Waals surface area contributed by atoms with Crippen LogP contribution in [0, 0.1) is 0 Å². The second-order valence-corrected chi connectivity index (χ2v) is 2.04. The van der Waals surface area contributed by atoms with Crippen molar-refractivity contribution in [2.75, 3.05) is 13.1 Å². The lowest BCUT2D eigenvalue weighted by Crippen LogP contribution is -2.31. The Labute approximate surface area is 65.5 Å². The van der Waals surface area contributed by atoms with Gasteiger partial charge in [0, 0.05) is 12.1 Å². The van der Waals surface area contributed by atoms with Gasteiger partial charge in [-0.25, -0.2) is 4.79 Å². The molecular weight excluding hydrogens is 144 g/mol. The summed E-state index contributed by atoms with van der Waals surface area (Å²) in [5, 5.41) is 2.47. The topological polar surface area (TPSA) is 72.2 Å². The molecule has 0 rings (SSSR count). The van der Waals surface area contributed by atoms with Gasteiger partial charge >= 0.3 is 0 Å². The fourth-order valence-electron chi connectivity index (χ4n) is 0.511. The van der Waals surface area contributed by atoms with Gasteiger partial charge in [-0.2, -0.15) is 0 Å². The number of hydrogen-bond donors (Lipinski definition) is 2. The van der Waals surface area contributed by atoms with E-state index >= 15 is 0 Å². The van der Waals surface area contributed by atoms with Crippen LogP contribution >= 0.6 is 0 Å². The van der Waals surface area contributed by atoms with E-state index in [1.807, 2.05) is 6.92 Å². The number of rotatable bonds is 4. The number of carbonyl (C=O) groups is 1. The second-order valence-electron chi connectivity index (χ2n) is 2.04. The molecule has 62 valence electrons. The Morgan fingerprint density at radius 2 is 2.27 bits per heavy atom. The normalized spacial score (nSPS) is 8.55. The largest absolute Gasteiger partial charge is 0.351 e. The fourth-order valence-corrected chi connectivity index (χ4v) is 0.511. The van der Waals surface area contributed by atoms with Crippen molar-refractivity contribution in [1.29, 1.82) is 0 Å². The Morgan fingerprint density at radius 3 is 2.64 bits per heavy atom. The van der Waals surface area contributed by atoms with Gasteiger partial charge in [0.2, 0.25) is 5.91 Å². The minimum atomic E-state index is -0.258. The Morgan fingerprint density at radius 1 is 1.64 bits per heavy atom. The van der Waals surface area contributed by atoms with Crippen LogP contribution in [0.5, 0.6) is 0 Å². The fraction of sp³-hybridized carbons (Fsp3) is 0.571. The number of nitrogens with two attached hydrogens (primary N) is 1. The summed E-state index contributed by atoms with van der Waals surface area (Å²) >= 11 is 0. The molecule has 0 aliphatic carbocycles. The van der Waals surface area contributed by atoms with Gasteiger partial charge in [0.15, 0.2) is 0 Å². The molecule has 0 fully saturated rings. The number of hydrogen-bond acceptors (Lipinski definition) is 3. The van der Waals surface area contributed by atoms with E-state index in [2.05, 4.69) is 5.32 Å². The van der Waals surface area contributed by atoms with E-state index in [4.69, 9.17) is 5.73 Å². The molecule has 0 aliphatic rings. The molecule has 0 spiro atoms. The predicted octanol–water partition coefficient (Wildman–Crippen LogP) is -0.771. The summed E-state index contributed by atoms with van der Waals surface area (Å²) in [6.07, 6.45) is 0.606. The first kappa shape index (κ1) is 9.88. The van der Waals surface area contributed by atoms with Crippen molar-refractivity contribution in [2.45, 2.75) is 13.3 Å². The van der Waals surface area contributed by atoms with Gasteiger partial charge in [-0.15, -0.1) is 0 Å². The molecule has 0 atom stereocenters. The van der Waals surface area contributed by atoms with Crippen molar-refractivity contribution in [3.05, 3.63) is 5.57 Å². The maximum atomic E-state index is 10.6. The number of amides is 1. The summed E-state index contributed by atoms with van der Waals surface area (Å²) in [7, 11) is 0. The lowest BCUT2D eigenvalue weighted by Gasteiger charge is -2.01. The van der Waals surface area contributed by atoms with Crippen LogP contribution in [0.25, 0.3) is 0 Å². The molecule has 11 heavy (non-hydrogen) atoms. The third-order valence-electron chi connectivity index (χ3n) is 1.26. The molecule has 4 heteroatoms. The van der Waals surface area contributed by atoms with Crippen LogP contribution in [0.3, 0.4) is 0 Å². The smallest absolute Gasteiger partial charge is 0.234 e. The zero-order valence-electron chi connectivity index (χ0n) is 6.52. The highest BCUT2D eigenvalue weighted by atomic mass is 16.1. The summed E-state index contributed by atoms with van der Waals surface area (Å²) in [5.74, 6) is 1.48. The first-order chi connectivity index (χ1) is 5.24. The molecule has 0 saturated heterocycles. The van der Waals surface area contributed by atoms with E-state index in [-0.39, 0.29) is 19.0 Å². The van der Waals surface area contributed by atoms with Crippen LogP contribution in [0.15, 0.2) is 5.57 Å². The van der Waals surface area contributed by atoms with Crippen molar-refractivity contribution >= 4 is 11.8 Å². The standard InChI is InChI=1S/C7H12N2O2/c1-2-6(5-10)4-9-7(11)3-8/h2-4,8H2,1H3,(H,9,11). The lowest BCUT2D eigenvalue weighted by molar-refractivity contribution is -0.119. The molecule has 0 aliphatic heterocycles. The quantitative estimate of drug-likeness (QED) is 0.525. The second kappa shape index (κ2) is 5.65. The summed E-state index contributed by atoms with van der Waals surface area (Å²) in [6.45, 7) is 2.04. The van der Waals surface area contributed by atoms with E-state index in [1.165, 1.54) is 0 Å². The molecule has 1 amide bonds. The van der Waals surface area contributed by atoms with E-state index in [9.17, 15) is 9.59 Å². The van der Waals surface area contributed by atoms with Crippen LogP contribution in [0.4, 0.5) is 0 Å². The van der Waals surface area contributed by atoms with Crippen molar-refractivity contribution in [2.24, 2.45) is 5.73 Å². The van der Waals surface area contributed by atoms with Crippen LogP contribution in [-0.2, 0) is 9.59 Å². The summed E-state index contributed by atoms with van der Waals surface area (Å²) in [4.78, 5) is 20.7. The molecule has 0 saturated carbocycles. The van der Waals surface area contributed by atoms with Crippen LogP contribution < -0.4 is 11.1 Å². The zero-order chi connectivity index (χ0) is 8.69. The molecule has 3 N–H and O–H groups in total. The minimum Gasteiger partial charge on any atom is -0.351 e. The van der Waals surface area contributed by atoms with Gasteiger partial charge in [-0.3, -0.25) is 4.79 Å². The first-order valence-corrected chi connectivity index (χ1v) is 3.44. The van der Waals surface area contributed by atoms with Crippen molar-refractivity contribution in [3.63, 3.8) is 0 Å². The SMILES string of the molecule is CCC(=C=O)CNC(=O)CN. The lowest BCUT2D eigenvalue weighted by atomic mass is 10.2. The predicted molar refractivity (Wildman–Crippen MR) is 41.6 cm³/mol. The maximum Gasteiger partial charge on any atom is 0.234 e. The molecule has 4 nitrogen and oxygen atoms in total. The highest BCUT2D eigenvalue weighted by molar-refractivity contribution is 5.78. The monoisotopic (exact) mass is 156 g/mol. The third-order valence-corrected chi connectivity index (χ3v) is 1.26. The molecule has 0 bridgehead atoms. The highest BCUT2D eigenvalue weighted by Gasteiger charge is 1.98. The van der Waals surface area contributed by atoms with Crippen LogP contribution in [0.1, 0.15) is 13.3 Å². The number of carbonyl (C=O) groups excluding carboxylic acids is 2. The van der Waals surface area contributed by atoms with E-state index in [0.717, 1.165) is 0 Å². The number of nitrogens with one attached hydrogen (secondary N) is 1. The molecule has 0 radical (unpaired) electrons. The van der Waals surface area contributed by atoms with E-state index < -0.39 is 0 Å². The maximum absolute atomic E-state index is 10.6. The van der Waals surface area contributed by atoms with Gasteiger partial charge < -0.3 is 11.1 Å². The molecular formula is C7H12N2O2. The Kier molecular flexibility index (Phi) is 5.07. The van der Waals surface area contributed by atoms with Crippen molar-refractivity contribution < 1.29 is 9.59 Å². The molecule has 0 unspecified atom stereocenters. The zero-order valence-corrected chi connectivity index (χ0v) is 6.52. The van der Waals surface area contributed by atoms with E-state index in [0.29, 0.717) is 12.0 Å².